The molecule has 0 bridgehead atoms. The summed E-state index contributed by atoms with van der Waals surface area (Å²) < 4.78 is 27.4. The Hall–Kier alpha value is -1.14. The average molecular weight is 297 g/mol. The topological polar surface area (TPSA) is 76.3 Å². The zero-order valence-corrected chi connectivity index (χ0v) is 12.9. The molecule has 5 nitrogen and oxygen atoms in total. The van der Waals surface area contributed by atoms with Gasteiger partial charge in [-0.25, -0.2) is 8.42 Å². The molecule has 1 aliphatic carbocycles. The Kier molecular flexibility index (Phi) is 4.65. The Bertz CT molecular complexity index is 551. The second kappa shape index (κ2) is 6.10. The van der Waals surface area contributed by atoms with E-state index in [0.717, 1.165) is 25.7 Å². The van der Waals surface area contributed by atoms with E-state index in [1.54, 1.807) is 4.31 Å². The molecule has 6 heteroatoms. The van der Waals surface area contributed by atoms with Crippen molar-refractivity contribution in [3.05, 3.63) is 18.5 Å². The maximum absolute atomic E-state index is 12.9. The molecule has 112 valence electrons. The molecule has 1 aromatic rings. The van der Waals surface area contributed by atoms with E-state index in [1.807, 2.05) is 13.8 Å². The predicted molar refractivity (Wildman–Crippen MR) is 79.6 cm³/mol. The number of sulfonamides is 1. The molecule has 1 saturated carbocycles. The molecular weight excluding hydrogens is 274 g/mol. The Balaban J connectivity index is 2.38. The lowest BCUT2D eigenvalue weighted by Crippen LogP contribution is -2.41. The first-order chi connectivity index (χ1) is 9.43. The van der Waals surface area contributed by atoms with Gasteiger partial charge in [-0.05, 0) is 24.8 Å². The summed E-state index contributed by atoms with van der Waals surface area (Å²) in [5, 5.41) is 0. The molecule has 0 aromatic carbocycles. The van der Waals surface area contributed by atoms with Gasteiger partial charge in [0.1, 0.15) is 4.90 Å². The van der Waals surface area contributed by atoms with Crippen molar-refractivity contribution in [1.82, 2.24) is 9.29 Å². The molecule has 1 fully saturated rings. The highest BCUT2D eigenvalue weighted by molar-refractivity contribution is 7.89. The molecule has 1 heterocycles. The van der Waals surface area contributed by atoms with Crippen LogP contribution in [0.3, 0.4) is 0 Å². The van der Waals surface area contributed by atoms with Crippen molar-refractivity contribution >= 4 is 15.7 Å². The van der Waals surface area contributed by atoms with Crippen molar-refractivity contribution in [2.75, 3.05) is 12.3 Å². The third-order valence-corrected chi connectivity index (χ3v) is 5.64. The summed E-state index contributed by atoms with van der Waals surface area (Å²) in [4.78, 5) is 4.05. The van der Waals surface area contributed by atoms with Gasteiger partial charge in [0.05, 0.1) is 5.69 Å². The third kappa shape index (κ3) is 3.12. The van der Waals surface area contributed by atoms with Gasteiger partial charge in [0.15, 0.2) is 0 Å². The van der Waals surface area contributed by atoms with Crippen LogP contribution in [-0.2, 0) is 10.0 Å². The number of nitrogens with two attached hydrogens (primary N) is 1. The van der Waals surface area contributed by atoms with Gasteiger partial charge in [-0.3, -0.25) is 4.98 Å². The monoisotopic (exact) mass is 297 g/mol. The Labute approximate surface area is 121 Å². The first-order valence-electron chi connectivity index (χ1n) is 7.14. The molecule has 0 amide bonds. The predicted octanol–water partition coefficient (Wildman–Crippen LogP) is 2.25. The molecule has 1 aliphatic rings. The number of pyridine rings is 1. The highest BCUT2D eigenvalue weighted by Crippen LogP contribution is 2.30. The third-order valence-electron chi connectivity index (χ3n) is 3.68. The second-order valence-corrected chi connectivity index (χ2v) is 7.68. The number of hydrogen-bond acceptors (Lipinski definition) is 4. The van der Waals surface area contributed by atoms with Crippen LogP contribution in [0.5, 0.6) is 0 Å². The number of anilines is 1. The SMILES string of the molecule is CC(C)CN(C1CCCC1)S(=O)(=O)c1cnccc1N. The standard InChI is InChI=1S/C14H23N3O2S/c1-11(2)10-17(12-5-3-4-6-12)20(18,19)14-9-16-8-7-13(14)15/h7-9,11-12H,3-6,10H2,1-2H3,(H2,15,16). The minimum absolute atomic E-state index is 0.0991. The van der Waals surface area contributed by atoms with E-state index in [-0.39, 0.29) is 22.5 Å². The zero-order chi connectivity index (χ0) is 14.8. The van der Waals surface area contributed by atoms with Crippen LogP contribution < -0.4 is 5.73 Å². The first kappa shape index (κ1) is 15.3. The molecule has 0 aliphatic heterocycles. The van der Waals surface area contributed by atoms with Crippen LogP contribution in [0.25, 0.3) is 0 Å². The van der Waals surface area contributed by atoms with Gasteiger partial charge in [0.25, 0.3) is 0 Å². The van der Waals surface area contributed by atoms with E-state index in [2.05, 4.69) is 4.98 Å². The van der Waals surface area contributed by atoms with Crippen LogP contribution in [0.4, 0.5) is 5.69 Å². The summed E-state index contributed by atoms with van der Waals surface area (Å²) in [6, 6.07) is 1.64. The van der Waals surface area contributed by atoms with Crippen LogP contribution in [0.2, 0.25) is 0 Å². The fourth-order valence-electron chi connectivity index (χ4n) is 2.73. The lowest BCUT2D eigenvalue weighted by Gasteiger charge is -2.29. The molecule has 2 N–H and O–H groups in total. The van der Waals surface area contributed by atoms with Crippen molar-refractivity contribution in [3.63, 3.8) is 0 Å². The van der Waals surface area contributed by atoms with E-state index >= 15 is 0 Å². The maximum atomic E-state index is 12.9. The van der Waals surface area contributed by atoms with E-state index in [4.69, 9.17) is 5.73 Å². The summed E-state index contributed by atoms with van der Waals surface area (Å²) in [5.74, 6) is 0.281. The smallest absolute Gasteiger partial charge is 0.246 e. The van der Waals surface area contributed by atoms with Crippen molar-refractivity contribution < 1.29 is 8.42 Å². The first-order valence-corrected chi connectivity index (χ1v) is 8.58. The number of rotatable bonds is 5. The number of nitrogens with zero attached hydrogens (tertiary/aromatic N) is 2. The highest BCUT2D eigenvalue weighted by Gasteiger charge is 2.34. The minimum Gasteiger partial charge on any atom is -0.398 e. The summed E-state index contributed by atoms with van der Waals surface area (Å²) in [7, 11) is -3.56. The molecule has 0 spiro atoms. The molecule has 0 unspecified atom stereocenters. The van der Waals surface area contributed by atoms with Crippen molar-refractivity contribution in [2.45, 2.75) is 50.5 Å². The van der Waals surface area contributed by atoms with Gasteiger partial charge in [-0.15, -0.1) is 0 Å². The highest BCUT2D eigenvalue weighted by atomic mass is 32.2. The Morgan fingerprint density at radius 1 is 1.40 bits per heavy atom. The van der Waals surface area contributed by atoms with Crippen LogP contribution >= 0.6 is 0 Å². The fourth-order valence-corrected chi connectivity index (χ4v) is 4.64. The van der Waals surface area contributed by atoms with E-state index in [0.29, 0.717) is 6.54 Å². The summed E-state index contributed by atoms with van der Waals surface area (Å²) in [6.07, 6.45) is 6.93. The molecule has 1 aromatic heterocycles. The van der Waals surface area contributed by atoms with Gasteiger partial charge in [0, 0.05) is 25.0 Å². The van der Waals surface area contributed by atoms with Crippen LogP contribution in [0.1, 0.15) is 39.5 Å². The van der Waals surface area contributed by atoms with Gasteiger partial charge in [-0.1, -0.05) is 26.7 Å². The van der Waals surface area contributed by atoms with Crippen molar-refractivity contribution in [2.24, 2.45) is 5.92 Å². The number of hydrogen-bond donors (Lipinski definition) is 1. The Morgan fingerprint density at radius 3 is 2.60 bits per heavy atom. The molecule has 0 atom stereocenters. The summed E-state index contributed by atoms with van der Waals surface area (Å²) in [5.41, 5.74) is 6.10. The molecule has 0 saturated heterocycles. The van der Waals surface area contributed by atoms with Gasteiger partial charge in [0.2, 0.25) is 10.0 Å². The number of nitrogen functional groups attached to an aromatic ring is 1. The van der Waals surface area contributed by atoms with E-state index in [1.165, 1.54) is 18.5 Å². The van der Waals surface area contributed by atoms with Crippen LogP contribution in [0, 0.1) is 5.92 Å². The average Bonchev–Trinajstić information content (AvgIpc) is 2.89. The molecule has 0 radical (unpaired) electrons. The Morgan fingerprint density at radius 2 is 2.05 bits per heavy atom. The quantitative estimate of drug-likeness (QED) is 0.904. The zero-order valence-electron chi connectivity index (χ0n) is 12.1. The lowest BCUT2D eigenvalue weighted by atomic mass is 10.2. The van der Waals surface area contributed by atoms with Gasteiger partial charge < -0.3 is 5.73 Å². The van der Waals surface area contributed by atoms with Crippen molar-refractivity contribution in [1.29, 1.82) is 0 Å². The van der Waals surface area contributed by atoms with E-state index in [9.17, 15) is 8.42 Å². The van der Waals surface area contributed by atoms with E-state index < -0.39 is 10.0 Å². The number of aromatic nitrogens is 1. The normalized spacial score (nSPS) is 17.2. The van der Waals surface area contributed by atoms with Crippen LogP contribution in [0.15, 0.2) is 23.4 Å². The molecular formula is C14H23N3O2S. The molecule has 20 heavy (non-hydrogen) atoms. The largest absolute Gasteiger partial charge is 0.398 e. The fraction of sp³-hybridized carbons (Fsp3) is 0.643. The summed E-state index contributed by atoms with van der Waals surface area (Å²) >= 11 is 0. The summed E-state index contributed by atoms with van der Waals surface area (Å²) in [6.45, 7) is 4.59. The lowest BCUT2D eigenvalue weighted by molar-refractivity contribution is 0.292. The van der Waals surface area contributed by atoms with Crippen molar-refractivity contribution in [3.8, 4) is 0 Å². The maximum Gasteiger partial charge on any atom is 0.246 e. The van der Waals surface area contributed by atoms with Crippen LogP contribution in [-0.4, -0.2) is 30.3 Å². The molecule has 2 rings (SSSR count). The van der Waals surface area contributed by atoms with Gasteiger partial charge >= 0.3 is 0 Å². The second-order valence-electron chi connectivity index (χ2n) is 5.82. The minimum atomic E-state index is -3.56. The van der Waals surface area contributed by atoms with Gasteiger partial charge in [-0.2, -0.15) is 4.31 Å².